The van der Waals surface area contributed by atoms with E-state index in [4.69, 9.17) is 0 Å². The van der Waals surface area contributed by atoms with Gasteiger partial charge in [0.2, 0.25) is 5.91 Å². The number of aryl methyl sites for hydroxylation is 1. The predicted octanol–water partition coefficient (Wildman–Crippen LogP) is 1.28. The number of carbonyl (C=O) groups is 1. The van der Waals surface area contributed by atoms with E-state index in [0.29, 0.717) is 11.5 Å². The molecule has 3 rings (SSSR count). The minimum Gasteiger partial charge on any atom is -0.308 e. The van der Waals surface area contributed by atoms with Crippen LogP contribution in [0.2, 0.25) is 0 Å². The fourth-order valence-electron chi connectivity index (χ4n) is 2.13. The van der Waals surface area contributed by atoms with Crippen LogP contribution in [-0.4, -0.2) is 25.5 Å². The van der Waals surface area contributed by atoms with Gasteiger partial charge in [-0.1, -0.05) is 30.3 Å². The van der Waals surface area contributed by atoms with Crippen molar-refractivity contribution in [3.05, 3.63) is 65.1 Å². The van der Waals surface area contributed by atoms with Gasteiger partial charge in [0, 0.05) is 30.9 Å². The molecular weight excluding hydrogens is 294 g/mol. The molecule has 1 aromatic carbocycles. The lowest BCUT2D eigenvalue weighted by molar-refractivity contribution is -0.117. The minimum absolute atomic E-state index is 0.171. The molecule has 0 saturated heterocycles. The third-order valence-electron chi connectivity index (χ3n) is 3.21. The van der Waals surface area contributed by atoms with Gasteiger partial charge >= 0.3 is 0 Å². The Balaban J connectivity index is 1.79. The summed E-state index contributed by atoms with van der Waals surface area (Å²) in [4.78, 5) is 23.9. The monoisotopic (exact) mass is 309 g/mol. The Labute approximate surface area is 132 Å². The van der Waals surface area contributed by atoms with Crippen molar-refractivity contribution in [1.82, 2.24) is 19.6 Å². The molecular formula is C16H15N5O2. The fraction of sp³-hybridized carbons (Fsp3) is 0.125. The maximum absolute atomic E-state index is 12.0. The number of hydrogen-bond donors (Lipinski definition) is 1. The van der Waals surface area contributed by atoms with Crippen molar-refractivity contribution in [2.75, 3.05) is 5.32 Å². The molecule has 23 heavy (non-hydrogen) atoms. The van der Waals surface area contributed by atoms with Gasteiger partial charge in [-0.25, -0.2) is 4.68 Å². The summed E-state index contributed by atoms with van der Waals surface area (Å²) in [7, 11) is 1.76. The van der Waals surface area contributed by atoms with Crippen molar-refractivity contribution in [3.63, 3.8) is 0 Å². The van der Waals surface area contributed by atoms with Crippen LogP contribution in [0, 0.1) is 0 Å². The van der Waals surface area contributed by atoms with Crippen LogP contribution in [0.25, 0.3) is 11.3 Å². The Hall–Kier alpha value is -3.22. The highest BCUT2D eigenvalue weighted by atomic mass is 16.2. The van der Waals surface area contributed by atoms with Crippen molar-refractivity contribution < 1.29 is 4.79 Å². The van der Waals surface area contributed by atoms with E-state index in [0.717, 1.165) is 10.2 Å². The fourth-order valence-corrected chi connectivity index (χ4v) is 2.13. The van der Waals surface area contributed by atoms with Crippen LogP contribution in [-0.2, 0) is 18.4 Å². The maximum Gasteiger partial charge on any atom is 0.267 e. The minimum atomic E-state index is -0.358. The first kappa shape index (κ1) is 14.7. The van der Waals surface area contributed by atoms with E-state index in [1.165, 1.54) is 6.07 Å². The lowest BCUT2D eigenvalue weighted by Crippen LogP contribution is -2.29. The van der Waals surface area contributed by atoms with Crippen LogP contribution in [0.4, 0.5) is 5.82 Å². The molecule has 116 valence electrons. The molecule has 7 heteroatoms. The summed E-state index contributed by atoms with van der Waals surface area (Å²) in [5, 5.41) is 10.9. The Morgan fingerprint density at radius 2 is 1.87 bits per heavy atom. The van der Waals surface area contributed by atoms with Gasteiger partial charge in [-0.3, -0.25) is 14.3 Å². The highest BCUT2D eigenvalue weighted by Gasteiger charge is 2.09. The van der Waals surface area contributed by atoms with E-state index in [1.807, 2.05) is 30.3 Å². The summed E-state index contributed by atoms with van der Waals surface area (Å²) in [6.07, 6.45) is 1.72. The molecule has 3 aromatic rings. The number of nitrogens with zero attached hydrogens (tertiary/aromatic N) is 4. The van der Waals surface area contributed by atoms with Crippen LogP contribution in [0.5, 0.6) is 0 Å². The molecule has 7 nitrogen and oxygen atoms in total. The Bertz CT molecular complexity index is 883. The first-order valence-corrected chi connectivity index (χ1v) is 7.05. The standard InChI is InChI=1S/C16H15N5O2/c1-20-10-9-14(19-20)17-15(22)11-21-16(23)8-7-13(18-21)12-5-3-2-4-6-12/h2-10H,11H2,1H3,(H,17,19,22). The summed E-state index contributed by atoms with van der Waals surface area (Å²) in [6, 6.07) is 14.2. The van der Waals surface area contributed by atoms with Crippen molar-refractivity contribution in [2.24, 2.45) is 7.05 Å². The largest absolute Gasteiger partial charge is 0.308 e. The van der Waals surface area contributed by atoms with E-state index in [1.54, 1.807) is 30.1 Å². The molecule has 0 bridgehead atoms. The molecule has 2 aromatic heterocycles. The Morgan fingerprint density at radius 3 is 2.57 bits per heavy atom. The summed E-state index contributed by atoms with van der Waals surface area (Å²) in [6.45, 7) is -0.171. The average Bonchev–Trinajstić information content (AvgIpc) is 2.95. The second-order valence-corrected chi connectivity index (χ2v) is 5.00. The zero-order chi connectivity index (χ0) is 16.2. The van der Waals surface area contributed by atoms with Gasteiger partial charge < -0.3 is 5.32 Å². The first-order valence-electron chi connectivity index (χ1n) is 7.05. The molecule has 1 amide bonds. The lowest BCUT2D eigenvalue weighted by Gasteiger charge is -2.07. The van der Waals surface area contributed by atoms with Gasteiger partial charge in [0.25, 0.3) is 5.56 Å². The zero-order valence-corrected chi connectivity index (χ0v) is 12.5. The van der Waals surface area contributed by atoms with Gasteiger partial charge in [-0.15, -0.1) is 0 Å². The van der Waals surface area contributed by atoms with Crippen molar-refractivity contribution in [3.8, 4) is 11.3 Å². The second-order valence-electron chi connectivity index (χ2n) is 5.00. The molecule has 2 heterocycles. The summed E-state index contributed by atoms with van der Waals surface area (Å²) >= 11 is 0. The number of carbonyl (C=O) groups excluding carboxylic acids is 1. The Morgan fingerprint density at radius 1 is 1.09 bits per heavy atom. The van der Waals surface area contributed by atoms with Crippen LogP contribution in [0.3, 0.4) is 0 Å². The van der Waals surface area contributed by atoms with Crippen molar-refractivity contribution in [1.29, 1.82) is 0 Å². The number of aromatic nitrogens is 4. The molecule has 0 aliphatic rings. The average molecular weight is 309 g/mol. The van der Waals surface area contributed by atoms with E-state index in [9.17, 15) is 9.59 Å². The SMILES string of the molecule is Cn1ccc(NC(=O)Cn2nc(-c3ccccc3)ccc2=O)n1. The normalized spacial score (nSPS) is 10.5. The lowest BCUT2D eigenvalue weighted by atomic mass is 10.1. The molecule has 0 fully saturated rings. The quantitative estimate of drug-likeness (QED) is 0.787. The van der Waals surface area contributed by atoms with Gasteiger partial charge in [0.15, 0.2) is 5.82 Å². The summed E-state index contributed by atoms with van der Waals surface area (Å²) in [5.74, 6) is 0.0771. The molecule has 0 aliphatic carbocycles. The number of nitrogens with one attached hydrogen (secondary N) is 1. The topological polar surface area (TPSA) is 81.8 Å². The summed E-state index contributed by atoms with van der Waals surface area (Å²) < 4.78 is 2.72. The van der Waals surface area contributed by atoms with Gasteiger partial charge in [0.05, 0.1) is 5.69 Å². The highest BCUT2D eigenvalue weighted by Crippen LogP contribution is 2.13. The second kappa shape index (κ2) is 6.27. The number of hydrogen-bond acceptors (Lipinski definition) is 4. The van der Waals surface area contributed by atoms with Gasteiger partial charge in [0.1, 0.15) is 6.54 Å². The molecule has 0 saturated carbocycles. The number of amides is 1. The maximum atomic E-state index is 12.0. The molecule has 0 spiro atoms. The first-order chi connectivity index (χ1) is 11.1. The molecule has 0 unspecified atom stereocenters. The third-order valence-corrected chi connectivity index (χ3v) is 3.21. The third kappa shape index (κ3) is 3.52. The van der Waals surface area contributed by atoms with E-state index in [2.05, 4.69) is 15.5 Å². The number of rotatable bonds is 4. The van der Waals surface area contributed by atoms with Crippen LogP contribution < -0.4 is 10.9 Å². The van der Waals surface area contributed by atoms with Crippen molar-refractivity contribution >= 4 is 11.7 Å². The molecule has 0 radical (unpaired) electrons. The van der Waals surface area contributed by atoms with Gasteiger partial charge in [-0.2, -0.15) is 10.2 Å². The molecule has 0 atom stereocenters. The van der Waals surface area contributed by atoms with Crippen LogP contribution in [0.15, 0.2) is 59.5 Å². The smallest absolute Gasteiger partial charge is 0.267 e. The van der Waals surface area contributed by atoms with Crippen molar-refractivity contribution in [2.45, 2.75) is 6.54 Å². The van der Waals surface area contributed by atoms with E-state index in [-0.39, 0.29) is 18.0 Å². The van der Waals surface area contributed by atoms with E-state index < -0.39 is 0 Å². The zero-order valence-electron chi connectivity index (χ0n) is 12.5. The van der Waals surface area contributed by atoms with Gasteiger partial charge in [-0.05, 0) is 6.07 Å². The van der Waals surface area contributed by atoms with Crippen LogP contribution >= 0.6 is 0 Å². The number of anilines is 1. The Kier molecular flexibility index (Phi) is 4.01. The molecule has 1 N–H and O–H groups in total. The highest BCUT2D eigenvalue weighted by molar-refractivity contribution is 5.89. The molecule has 0 aliphatic heterocycles. The summed E-state index contributed by atoms with van der Waals surface area (Å²) in [5.41, 5.74) is 1.18. The van der Waals surface area contributed by atoms with E-state index >= 15 is 0 Å². The van der Waals surface area contributed by atoms with Crippen LogP contribution in [0.1, 0.15) is 0 Å². The number of benzene rings is 1. The predicted molar refractivity (Wildman–Crippen MR) is 85.8 cm³/mol.